The van der Waals surface area contributed by atoms with E-state index in [9.17, 15) is 0 Å². The van der Waals surface area contributed by atoms with Gasteiger partial charge in [-0.2, -0.15) is 0 Å². The van der Waals surface area contributed by atoms with Crippen LogP contribution in [-0.4, -0.2) is 6.54 Å². The van der Waals surface area contributed by atoms with Crippen molar-refractivity contribution in [2.45, 2.75) is 19.8 Å². The molecule has 15 heavy (non-hydrogen) atoms. The second-order valence-electron chi connectivity index (χ2n) is 4.43. The van der Waals surface area contributed by atoms with Crippen LogP contribution in [0.1, 0.15) is 19.8 Å². The molecule has 0 spiro atoms. The van der Waals surface area contributed by atoms with Crippen LogP contribution in [0.15, 0.2) is 48.2 Å². The summed E-state index contributed by atoms with van der Waals surface area (Å²) in [5.74, 6) is 1.25. The van der Waals surface area contributed by atoms with E-state index in [-0.39, 0.29) is 0 Å². The van der Waals surface area contributed by atoms with Crippen molar-refractivity contribution >= 4 is 0 Å². The van der Waals surface area contributed by atoms with Crippen molar-refractivity contribution in [1.29, 1.82) is 0 Å². The van der Waals surface area contributed by atoms with E-state index in [4.69, 9.17) is 0 Å². The molecule has 0 aromatic rings. The topological polar surface area (TPSA) is 12.0 Å². The third-order valence-electron chi connectivity index (χ3n) is 3.26. The van der Waals surface area contributed by atoms with Crippen LogP contribution in [0.2, 0.25) is 0 Å². The maximum Gasteiger partial charge on any atom is 0.0207 e. The molecule has 80 valence electrons. The summed E-state index contributed by atoms with van der Waals surface area (Å²) in [5.41, 5.74) is 3.16. The number of hydrogen-bond acceptors (Lipinski definition) is 1. The van der Waals surface area contributed by atoms with Crippen LogP contribution in [0, 0.1) is 11.8 Å². The molecular weight excluding hydrogens is 182 g/mol. The Morgan fingerprint density at radius 1 is 1.60 bits per heavy atom. The van der Waals surface area contributed by atoms with Crippen LogP contribution in [0.3, 0.4) is 0 Å². The molecule has 0 heterocycles. The van der Waals surface area contributed by atoms with Gasteiger partial charge < -0.3 is 5.32 Å². The zero-order chi connectivity index (χ0) is 10.7. The van der Waals surface area contributed by atoms with Gasteiger partial charge >= 0.3 is 0 Å². The van der Waals surface area contributed by atoms with Gasteiger partial charge in [0, 0.05) is 6.54 Å². The van der Waals surface area contributed by atoms with Gasteiger partial charge in [-0.3, -0.25) is 0 Å². The average Bonchev–Trinajstić information content (AvgIpc) is 2.26. The molecule has 0 saturated heterocycles. The molecule has 0 amide bonds. The summed E-state index contributed by atoms with van der Waals surface area (Å²) in [6.45, 7) is 6.95. The van der Waals surface area contributed by atoms with Crippen molar-refractivity contribution < 1.29 is 0 Å². The predicted molar refractivity (Wildman–Crippen MR) is 65.4 cm³/mol. The fraction of sp³-hybridized carbons (Fsp3) is 0.429. The molecule has 0 saturated carbocycles. The van der Waals surface area contributed by atoms with Crippen LogP contribution in [-0.2, 0) is 0 Å². The zero-order valence-electron chi connectivity index (χ0n) is 9.37. The van der Waals surface area contributed by atoms with E-state index in [0.717, 1.165) is 13.0 Å². The number of fused-ring (bicyclic) bond motifs is 2. The summed E-state index contributed by atoms with van der Waals surface area (Å²) < 4.78 is 0. The fourth-order valence-corrected chi connectivity index (χ4v) is 2.42. The normalized spacial score (nSPS) is 25.3. The smallest absolute Gasteiger partial charge is 0.0207 e. The van der Waals surface area contributed by atoms with Gasteiger partial charge in [-0.15, -0.1) is 0 Å². The van der Waals surface area contributed by atoms with Gasteiger partial charge in [0.2, 0.25) is 0 Å². The summed E-state index contributed by atoms with van der Waals surface area (Å²) in [6, 6.07) is 0. The molecule has 0 aliphatic heterocycles. The molecule has 0 radical (unpaired) electrons. The van der Waals surface area contributed by atoms with Gasteiger partial charge in [-0.05, 0) is 36.5 Å². The van der Waals surface area contributed by atoms with Crippen molar-refractivity contribution in [3.05, 3.63) is 48.2 Å². The maximum absolute atomic E-state index is 3.68. The minimum atomic E-state index is 0.585. The number of nitrogens with one attached hydrogen (secondary N) is 1. The molecule has 2 aliphatic carbocycles. The van der Waals surface area contributed by atoms with Crippen LogP contribution in [0.5, 0.6) is 0 Å². The third-order valence-corrected chi connectivity index (χ3v) is 3.26. The lowest BCUT2D eigenvalue weighted by Gasteiger charge is -2.26. The highest BCUT2D eigenvalue weighted by atomic mass is 14.8. The van der Waals surface area contributed by atoms with Crippen LogP contribution >= 0.6 is 0 Å². The first-order chi connectivity index (χ1) is 7.31. The highest BCUT2D eigenvalue weighted by Crippen LogP contribution is 2.34. The minimum Gasteiger partial charge on any atom is -0.391 e. The summed E-state index contributed by atoms with van der Waals surface area (Å²) in [5, 5.41) is 3.20. The Bertz CT molecular complexity index is 333. The molecule has 0 aromatic carbocycles. The van der Waals surface area contributed by atoms with Crippen LogP contribution in [0.25, 0.3) is 0 Å². The first-order valence-electron chi connectivity index (χ1n) is 5.72. The lowest BCUT2D eigenvalue weighted by atomic mass is 9.80. The summed E-state index contributed by atoms with van der Waals surface area (Å²) >= 11 is 0. The molecule has 1 N–H and O–H groups in total. The van der Waals surface area contributed by atoms with Gasteiger partial charge in [0.05, 0.1) is 0 Å². The SMILES string of the molecule is C=CNCC(C)C1=C2CC=CC(C=C1)C2. The summed E-state index contributed by atoms with van der Waals surface area (Å²) in [4.78, 5) is 0. The van der Waals surface area contributed by atoms with Crippen molar-refractivity contribution in [3.63, 3.8) is 0 Å². The van der Waals surface area contributed by atoms with E-state index in [1.165, 1.54) is 12.0 Å². The Hall–Kier alpha value is -1.24. The molecule has 0 aromatic heterocycles. The Morgan fingerprint density at radius 3 is 3.27 bits per heavy atom. The number of allylic oxidation sites excluding steroid dienone is 5. The Kier molecular flexibility index (Phi) is 3.10. The molecule has 2 bridgehead atoms. The van der Waals surface area contributed by atoms with Gasteiger partial charge in [-0.25, -0.2) is 0 Å². The summed E-state index contributed by atoms with van der Waals surface area (Å²) in [6.07, 6.45) is 13.4. The second kappa shape index (κ2) is 4.52. The minimum absolute atomic E-state index is 0.585. The van der Waals surface area contributed by atoms with Crippen molar-refractivity contribution in [3.8, 4) is 0 Å². The maximum atomic E-state index is 3.68. The van der Waals surface area contributed by atoms with E-state index in [1.807, 2.05) is 0 Å². The van der Waals surface area contributed by atoms with Gasteiger partial charge in [0.15, 0.2) is 0 Å². The quantitative estimate of drug-likeness (QED) is 0.689. The van der Waals surface area contributed by atoms with Crippen LogP contribution < -0.4 is 5.32 Å². The molecule has 0 fully saturated rings. The standard InChI is InChI=1S/C14H19N/c1-3-15-10-11(2)14-8-7-12-5-4-6-13(14)9-12/h3-5,7-8,11-12,15H,1,6,9-10H2,2H3. The van der Waals surface area contributed by atoms with Crippen molar-refractivity contribution in [1.82, 2.24) is 5.32 Å². The summed E-state index contributed by atoms with van der Waals surface area (Å²) in [7, 11) is 0. The molecule has 2 aliphatic rings. The van der Waals surface area contributed by atoms with E-state index in [1.54, 1.807) is 11.8 Å². The van der Waals surface area contributed by atoms with E-state index in [0.29, 0.717) is 11.8 Å². The van der Waals surface area contributed by atoms with Gasteiger partial charge in [-0.1, -0.05) is 43.4 Å². The molecule has 2 rings (SSSR count). The molecule has 1 heteroatoms. The molecular formula is C14H19N. The second-order valence-corrected chi connectivity index (χ2v) is 4.43. The molecule has 2 unspecified atom stereocenters. The molecule has 2 atom stereocenters. The van der Waals surface area contributed by atoms with E-state index >= 15 is 0 Å². The highest BCUT2D eigenvalue weighted by molar-refractivity contribution is 5.37. The van der Waals surface area contributed by atoms with Gasteiger partial charge in [0.25, 0.3) is 0 Å². The number of rotatable bonds is 4. The Morgan fingerprint density at radius 2 is 2.47 bits per heavy atom. The average molecular weight is 201 g/mol. The van der Waals surface area contributed by atoms with Gasteiger partial charge in [0.1, 0.15) is 0 Å². The van der Waals surface area contributed by atoms with E-state index in [2.05, 4.69) is 43.1 Å². The van der Waals surface area contributed by atoms with Crippen molar-refractivity contribution in [2.75, 3.05) is 6.54 Å². The third kappa shape index (κ3) is 2.23. The fourth-order valence-electron chi connectivity index (χ4n) is 2.42. The first kappa shape index (κ1) is 10.3. The Balaban J connectivity index is 2.11. The van der Waals surface area contributed by atoms with E-state index < -0.39 is 0 Å². The lowest BCUT2D eigenvalue weighted by Crippen LogP contribution is -2.20. The highest BCUT2D eigenvalue weighted by Gasteiger charge is 2.19. The number of hydrogen-bond donors (Lipinski definition) is 1. The first-order valence-corrected chi connectivity index (χ1v) is 5.72. The largest absolute Gasteiger partial charge is 0.391 e. The Labute approximate surface area is 92.3 Å². The monoisotopic (exact) mass is 201 g/mol. The predicted octanol–water partition coefficient (Wildman–Crippen LogP) is 3.19. The zero-order valence-corrected chi connectivity index (χ0v) is 9.37. The van der Waals surface area contributed by atoms with Crippen LogP contribution in [0.4, 0.5) is 0 Å². The molecule has 1 nitrogen and oxygen atoms in total. The lowest BCUT2D eigenvalue weighted by molar-refractivity contribution is 0.615. The van der Waals surface area contributed by atoms with Crippen molar-refractivity contribution in [2.24, 2.45) is 11.8 Å².